The normalized spacial score (nSPS) is 19.3. The highest BCUT2D eigenvalue weighted by Gasteiger charge is 2.45. The molecule has 5 heterocycles. The van der Waals surface area contributed by atoms with Gasteiger partial charge in [0, 0.05) is 44.3 Å². The third-order valence-electron chi connectivity index (χ3n) is 7.87. The first-order chi connectivity index (χ1) is 19.6. The largest absolute Gasteiger partial charge is 0.477 e. The fourth-order valence-electron chi connectivity index (χ4n) is 5.62. The lowest BCUT2D eigenvalue weighted by Gasteiger charge is -2.42. The number of likely N-dealkylation sites (tertiary alicyclic amines) is 1. The van der Waals surface area contributed by atoms with Gasteiger partial charge in [-0.05, 0) is 69.6 Å². The van der Waals surface area contributed by atoms with E-state index >= 15 is 0 Å². The van der Waals surface area contributed by atoms with Crippen LogP contribution in [0.15, 0.2) is 48.9 Å². The Hall–Kier alpha value is -3.44. The molecule has 8 nitrogen and oxygen atoms in total. The fraction of sp³-hybridized carbons (Fsp3) is 0.448. The Bertz CT molecular complexity index is 1380. The van der Waals surface area contributed by atoms with Crippen LogP contribution in [0.2, 0.25) is 5.02 Å². The van der Waals surface area contributed by atoms with Gasteiger partial charge in [-0.2, -0.15) is 13.2 Å². The van der Waals surface area contributed by atoms with Crippen molar-refractivity contribution in [3.8, 4) is 17.1 Å². The number of alkyl halides is 3. The number of piperidine rings is 1. The molecule has 2 aliphatic rings. The van der Waals surface area contributed by atoms with E-state index in [1.165, 1.54) is 0 Å². The Balaban J connectivity index is 1.42. The predicted molar refractivity (Wildman–Crippen MR) is 150 cm³/mol. The van der Waals surface area contributed by atoms with Crippen molar-refractivity contribution in [2.75, 3.05) is 44.7 Å². The smallest absolute Gasteiger partial charge is 0.417 e. The number of carbonyl (C=O) groups is 1. The fourth-order valence-corrected chi connectivity index (χ4v) is 5.90. The van der Waals surface area contributed by atoms with Crippen molar-refractivity contribution in [1.29, 1.82) is 0 Å². The quantitative estimate of drug-likeness (QED) is 0.417. The second kappa shape index (κ2) is 11.8. The van der Waals surface area contributed by atoms with Gasteiger partial charge in [0.25, 0.3) is 0 Å². The van der Waals surface area contributed by atoms with E-state index < -0.39 is 17.2 Å². The SMILES string of the molecule is CCOc1ncccc1-c1ccc(C2(C(=O)N[C@H]3CCN(C)C3)CCN(c3ncc(C(F)(F)F)cc3Cl)CC2)cn1. The van der Waals surface area contributed by atoms with Crippen LogP contribution in [0, 0.1) is 0 Å². The Morgan fingerprint density at radius 3 is 2.54 bits per heavy atom. The topological polar surface area (TPSA) is 83.5 Å². The molecule has 0 aliphatic carbocycles. The number of amides is 1. The first-order valence-corrected chi connectivity index (χ1v) is 14.0. The van der Waals surface area contributed by atoms with E-state index in [2.05, 4.69) is 20.2 Å². The van der Waals surface area contributed by atoms with Gasteiger partial charge in [0.15, 0.2) is 0 Å². The molecule has 5 rings (SSSR count). The summed E-state index contributed by atoms with van der Waals surface area (Å²) in [4.78, 5) is 31.0. The third kappa shape index (κ3) is 6.11. The number of hydrogen-bond acceptors (Lipinski definition) is 7. The number of anilines is 1. The highest BCUT2D eigenvalue weighted by molar-refractivity contribution is 6.33. The lowest BCUT2D eigenvalue weighted by Crippen LogP contribution is -2.54. The molecule has 0 saturated carbocycles. The highest BCUT2D eigenvalue weighted by Crippen LogP contribution is 2.40. The molecule has 218 valence electrons. The maximum Gasteiger partial charge on any atom is 0.417 e. The summed E-state index contributed by atoms with van der Waals surface area (Å²) in [6.45, 7) is 4.81. The number of aromatic nitrogens is 3. The lowest BCUT2D eigenvalue weighted by atomic mass is 9.72. The summed E-state index contributed by atoms with van der Waals surface area (Å²) in [5, 5.41) is 3.19. The van der Waals surface area contributed by atoms with Crippen LogP contribution >= 0.6 is 11.6 Å². The maximum absolute atomic E-state index is 14.0. The van der Waals surface area contributed by atoms with Crippen molar-refractivity contribution in [3.63, 3.8) is 0 Å². The molecule has 12 heteroatoms. The second-order valence-electron chi connectivity index (χ2n) is 10.5. The van der Waals surface area contributed by atoms with Gasteiger partial charge >= 0.3 is 6.18 Å². The summed E-state index contributed by atoms with van der Waals surface area (Å²) >= 11 is 6.24. The van der Waals surface area contributed by atoms with Crippen molar-refractivity contribution < 1.29 is 22.7 Å². The minimum absolute atomic E-state index is 0.0461. The highest BCUT2D eigenvalue weighted by atomic mass is 35.5. The van der Waals surface area contributed by atoms with E-state index in [9.17, 15) is 18.0 Å². The number of hydrogen-bond donors (Lipinski definition) is 1. The van der Waals surface area contributed by atoms with Gasteiger partial charge in [-0.15, -0.1) is 0 Å². The molecule has 1 atom stereocenters. The van der Waals surface area contributed by atoms with Crippen LogP contribution in [0.1, 0.15) is 37.3 Å². The van der Waals surface area contributed by atoms with Gasteiger partial charge in [0.1, 0.15) is 5.82 Å². The van der Waals surface area contributed by atoms with Crippen LogP contribution in [-0.2, 0) is 16.4 Å². The average Bonchev–Trinajstić information content (AvgIpc) is 3.37. The summed E-state index contributed by atoms with van der Waals surface area (Å²) in [5.74, 6) is 0.691. The molecular formula is C29H32ClF3N6O2. The number of pyridine rings is 3. The molecule has 41 heavy (non-hydrogen) atoms. The molecule has 2 aliphatic heterocycles. The first kappa shape index (κ1) is 29.1. The van der Waals surface area contributed by atoms with E-state index in [0.717, 1.165) is 42.9 Å². The van der Waals surface area contributed by atoms with Crippen LogP contribution in [0.4, 0.5) is 19.0 Å². The van der Waals surface area contributed by atoms with Crippen LogP contribution in [-0.4, -0.2) is 71.6 Å². The van der Waals surface area contributed by atoms with Gasteiger partial charge < -0.3 is 19.9 Å². The molecule has 0 spiro atoms. The number of ether oxygens (including phenoxy) is 1. The average molecular weight is 589 g/mol. The summed E-state index contributed by atoms with van der Waals surface area (Å²) in [6, 6.07) is 8.44. The number of nitrogens with zero attached hydrogens (tertiary/aromatic N) is 5. The van der Waals surface area contributed by atoms with Crippen LogP contribution in [0.3, 0.4) is 0 Å². The van der Waals surface area contributed by atoms with Crippen molar-refractivity contribution in [3.05, 3.63) is 65.1 Å². The molecule has 3 aromatic heterocycles. The van der Waals surface area contributed by atoms with Crippen molar-refractivity contribution in [2.45, 2.75) is 43.8 Å². The Morgan fingerprint density at radius 2 is 1.93 bits per heavy atom. The molecule has 0 radical (unpaired) electrons. The van der Waals surface area contributed by atoms with E-state index in [1.54, 1.807) is 12.4 Å². The Morgan fingerprint density at radius 1 is 1.15 bits per heavy atom. The van der Waals surface area contributed by atoms with Gasteiger partial charge in [-0.25, -0.2) is 9.97 Å². The molecule has 3 aromatic rings. The number of likely N-dealkylation sites (N-methyl/N-ethyl adjacent to an activating group) is 1. The zero-order valence-electron chi connectivity index (χ0n) is 22.9. The molecule has 0 unspecified atom stereocenters. The zero-order chi connectivity index (χ0) is 29.2. The predicted octanol–water partition coefficient (Wildman–Crippen LogP) is 4.97. The van der Waals surface area contributed by atoms with E-state index in [0.29, 0.717) is 44.1 Å². The summed E-state index contributed by atoms with van der Waals surface area (Å²) in [5.41, 5.74) is 0.436. The van der Waals surface area contributed by atoms with Crippen molar-refractivity contribution in [1.82, 2.24) is 25.2 Å². The van der Waals surface area contributed by atoms with Crippen molar-refractivity contribution >= 4 is 23.3 Å². The Labute approximate surface area is 241 Å². The minimum atomic E-state index is -4.53. The van der Waals surface area contributed by atoms with Crippen LogP contribution in [0.5, 0.6) is 5.88 Å². The molecule has 2 saturated heterocycles. The number of rotatable bonds is 7. The summed E-state index contributed by atoms with van der Waals surface area (Å²) < 4.78 is 45.1. The van der Waals surface area contributed by atoms with Gasteiger partial charge in [-0.3, -0.25) is 9.78 Å². The van der Waals surface area contributed by atoms with E-state index in [1.807, 2.05) is 43.1 Å². The lowest BCUT2D eigenvalue weighted by molar-refractivity contribution is -0.137. The zero-order valence-corrected chi connectivity index (χ0v) is 23.7. The molecule has 0 bridgehead atoms. The van der Waals surface area contributed by atoms with Gasteiger partial charge in [0.05, 0.1) is 33.9 Å². The van der Waals surface area contributed by atoms with Gasteiger partial charge in [0.2, 0.25) is 11.8 Å². The van der Waals surface area contributed by atoms with Gasteiger partial charge in [-0.1, -0.05) is 17.7 Å². The van der Waals surface area contributed by atoms with E-state index in [4.69, 9.17) is 21.3 Å². The first-order valence-electron chi connectivity index (χ1n) is 13.6. The Kier molecular flexibility index (Phi) is 8.37. The molecule has 1 N–H and O–H groups in total. The summed E-state index contributed by atoms with van der Waals surface area (Å²) in [7, 11) is 2.03. The standard InChI is InChI=1S/C29H32ClF3N6O2/c1-3-41-26-22(5-4-11-34-26)24-7-6-19(16-35-24)28(27(40)37-21-8-12-38(2)18-21)9-13-39(14-10-28)25-23(30)15-20(17-36-25)29(31,32)33/h4-7,11,15-17,21H,3,8-10,12-14,18H2,1-2H3,(H,37,40)/t21-/m0/s1. The van der Waals surface area contributed by atoms with Crippen LogP contribution < -0.4 is 15.0 Å². The summed E-state index contributed by atoms with van der Waals surface area (Å²) in [6.07, 6.45) is 1.36. The maximum atomic E-state index is 14.0. The number of halogens is 4. The second-order valence-corrected chi connectivity index (χ2v) is 10.9. The number of carbonyl (C=O) groups excluding carboxylic acids is 1. The minimum Gasteiger partial charge on any atom is -0.477 e. The molecule has 1 amide bonds. The number of nitrogens with one attached hydrogen (secondary N) is 1. The molecule has 2 fully saturated rings. The van der Waals surface area contributed by atoms with Crippen molar-refractivity contribution in [2.24, 2.45) is 0 Å². The molecular weight excluding hydrogens is 557 g/mol. The third-order valence-corrected chi connectivity index (χ3v) is 8.15. The monoisotopic (exact) mass is 588 g/mol. The molecule has 0 aromatic carbocycles. The van der Waals surface area contributed by atoms with E-state index in [-0.39, 0.29) is 22.8 Å². The van der Waals surface area contributed by atoms with Crippen LogP contribution in [0.25, 0.3) is 11.3 Å².